The van der Waals surface area contributed by atoms with Crippen LogP contribution in [0.5, 0.6) is 0 Å². The minimum atomic E-state index is -0.280. The molecule has 1 heterocycles. The number of benzene rings is 10. The lowest BCUT2D eigenvalue weighted by Crippen LogP contribution is -2.42. The lowest BCUT2D eigenvalue weighted by atomic mass is 9.57. The Morgan fingerprint density at radius 2 is 1.06 bits per heavy atom. The van der Waals surface area contributed by atoms with E-state index in [4.69, 9.17) is 0 Å². The van der Waals surface area contributed by atoms with Gasteiger partial charge in [0.15, 0.2) is 7.28 Å². The summed E-state index contributed by atoms with van der Waals surface area (Å²) in [7, 11) is 0.761. The first-order valence-electron chi connectivity index (χ1n) is 25.4. The van der Waals surface area contributed by atoms with Crippen molar-refractivity contribution in [3.05, 3.63) is 253 Å². The molecule has 1 aliphatic carbocycles. The Bertz CT molecular complexity index is 3590. The number of aryl methyl sites for hydroxylation is 1. The van der Waals surface area contributed by atoms with E-state index in [0.29, 0.717) is 0 Å². The molecule has 0 saturated heterocycles. The highest BCUT2D eigenvalue weighted by atomic mass is 15.2. The largest absolute Gasteiger partial charge is 0.355 e. The van der Waals surface area contributed by atoms with Gasteiger partial charge in [-0.2, -0.15) is 0 Å². The summed E-state index contributed by atoms with van der Waals surface area (Å²) < 4.78 is 0. The van der Waals surface area contributed by atoms with E-state index in [2.05, 4.69) is 287 Å². The maximum atomic E-state index is 3.99. The molecule has 0 unspecified atom stereocenters. The van der Waals surface area contributed by atoms with Crippen LogP contribution in [0.1, 0.15) is 56.9 Å². The fraction of sp³-hybridized carbons (Fsp3) is 0.118. The van der Waals surface area contributed by atoms with Crippen LogP contribution >= 0.6 is 0 Å². The number of para-hydroxylation sites is 2. The number of hydrogen-bond donors (Lipinski definition) is 1. The lowest BCUT2D eigenvalue weighted by molar-refractivity contribution is 0.590. The van der Waals surface area contributed by atoms with Gasteiger partial charge in [0.1, 0.15) is 0 Å². The summed E-state index contributed by atoms with van der Waals surface area (Å²) in [5, 5.41) is 3.99. The molecule has 0 saturated carbocycles. The molecule has 348 valence electrons. The van der Waals surface area contributed by atoms with Crippen LogP contribution in [0.3, 0.4) is 0 Å². The van der Waals surface area contributed by atoms with Crippen molar-refractivity contribution in [3.8, 4) is 44.5 Å². The minimum absolute atomic E-state index is 0.00251. The van der Waals surface area contributed by atoms with Gasteiger partial charge in [-0.3, -0.25) is 0 Å². The van der Waals surface area contributed by atoms with Gasteiger partial charge in [0.25, 0.3) is 0 Å². The Hall–Kier alpha value is -8.34. The third kappa shape index (κ3) is 7.88. The summed E-state index contributed by atoms with van der Waals surface area (Å²) in [5.41, 5.74) is 26.4. The molecule has 2 aliphatic rings. The first kappa shape index (κ1) is 44.8. The summed E-state index contributed by atoms with van der Waals surface area (Å²) in [6, 6.07) is 84.9. The molecule has 12 rings (SSSR count). The van der Waals surface area contributed by atoms with Crippen molar-refractivity contribution in [2.45, 2.75) is 52.4 Å². The first-order valence-corrected chi connectivity index (χ1v) is 25.4. The standard InChI is InChI=1S/C68H58BN3/c1-45-41-50(67(2,3)4)34-40-62(45)72-63-42-49(47-23-13-8-14-24-47)33-38-60(63)69-65-57(44-59-64(66(65)72)55-29-19-20-30-58(55)68(59,5)6)56-43-54(71(52-25-15-9-16-26-52)53-27-17-10-18-28-53)37-39-61(56)70-51-35-31-48(32-36-51)46-21-11-7-12-22-46/h7-44,69-70H,1-6H3. The fourth-order valence-corrected chi connectivity index (χ4v) is 11.3. The van der Waals surface area contributed by atoms with Crippen molar-refractivity contribution in [2.24, 2.45) is 0 Å². The van der Waals surface area contributed by atoms with Crippen molar-refractivity contribution in [3.63, 3.8) is 0 Å². The van der Waals surface area contributed by atoms with E-state index in [1.165, 1.54) is 89.2 Å². The zero-order valence-corrected chi connectivity index (χ0v) is 42.0. The van der Waals surface area contributed by atoms with E-state index in [1.807, 2.05) is 0 Å². The van der Waals surface area contributed by atoms with Gasteiger partial charge in [0, 0.05) is 62.0 Å². The van der Waals surface area contributed by atoms with Gasteiger partial charge in [-0.15, -0.1) is 0 Å². The second-order valence-corrected chi connectivity index (χ2v) is 21.1. The monoisotopic (exact) mass is 927 g/mol. The van der Waals surface area contributed by atoms with E-state index in [-0.39, 0.29) is 10.8 Å². The number of rotatable bonds is 9. The van der Waals surface area contributed by atoms with Crippen LogP contribution in [0, 0.1) is 6.92 Å². The van der Waals surface area contributed by atoms with Crippen molar-refractivity contribution in [2.75, 3.05) is 15.1 Å². The molecule has 3 nitrogen and oxygen atoms in total. The Kier molecular flexibility index (Phi) is 11.1. The number of hydrogen-bond acceptors (Lipinski definition) is 3. The quantitative estimate of drug-likeness (QED) is 0.146. The normalized spacial score (nSPS) is 13.1. The molecule has 1 aliphatic heterocycles. The van der Waals surface area contributed by atoms with Gasteiger partial charge in [-0.1, -0.05) is 198 Å². The van der Waals surface area contributed by atoms with Crippen LogP contribution in [-0.4, -0.2) is 7.28 Å². The third-order valence-electron chi connectivity index (χ3n) is 15.1. The molecule has 1 N–H and O–H groups in total. The summed E-state index contributed by atoms with van der Waals surface area (Å²) in [6.07, 6.45) is 0. The van der Waals surface area contributed by atoms with Crippen molar-refractivity contribution in [1.29, 1.82) is 0 Å². The zero-order chi connectivity index (χ0) is 49.1. The Balaban J connectivity index is 1.15. The SMILES string of the molecule is Cc1cc(C(C)(C)C)ccc1N1c2cc(-c3ccccc3)ccc2Bc2c(-c3cc(N(c4ccccc4)c4ccccc4)ccc3Nc3ccc(-c4ccccc4)cc3)cc3c(c21)-c1ccccc1C3(C)C. The van der Waals surface area contributed by atoms with E-state index < -0.39 is 0 Å². The van der Waals surface area contributed by atoms with Gasteiger partial charge in [0.05, 0.1) is 0 Å². The van der Waals surface area contributed by atoms with Crippen molar-refractivity contribution < 1.29 is 0 Å². The van der Waals surface area contributed by atoms with Crippen LogP contribution in [0.25, 0.3) is 44.5 Å². The molecule has 10 aromatic rings. The highest BCUT2D eigenvalue weighted by Crippen LogP contribution is 2.56. The van der Waals surface area contributed by atoms with Gasteiger partial charge >= 0.3 is 0 Å². The molecular weight excluding hydrogens is 870 g/mol. The lowest BCUT2D eigenvalue weighted by Gasteiger charge is -2.39. The van der Waals surface area contributed by atoms with E-state index in [0.717, 1.165) is 41.3 Å². The molecule has 0 amide bonds. The molecule has 0 bridgehead atoms. The second kappa shape index (κ2) is 17.8. The van der Waals surface area contributed by atoms with Crippen LogP contribution < -0.4 is 26.0 Å². The van der Waals surface area contributed by atoms with Gasteiger partial charge in [-0.05, 0) is 146 Å². The van der Waals surface area contributed by atoms with Crippen molar-refractivity contribution in [1.82, 2.24) is 0 Å². The van der Waals surface area contributed by atoms with E-state index in [1.54, 1.807) is 0 Å². The van der Waals surface area contributed by atoms with Gasteiger partial charge in [-0.25, -0.2) is 0 Å². The summed E-state index contributed by atoms with van der Waals surface area (Å²) in [5.74, 6) is 0. The van der Waals surface area contributed by atoms with E-state index in [9.17, 15) is 0 Å². The second-order valence-electron chi connectivity index (χ2n) is 21.1. The smallest absolute Gasteiger partial charge is 0.198 e. The molecule has 72 heavy (non-hydrogen) atoms. The topological polar surface area (TPSA) is 18.5 Å². The van der Waals surface area contributed by atoms with Gasteiger partial charge in [0.2, 0.25) is 0 Å². The number of fused-ring (bicyclic) bond motifs is 6. The maximum Gasteiger partial charge on any atom is 0.198 e. The number of anilines is 8. The van der Waals surface area contributed by atoms with Crippen LogP contribution in [0.2, 0.25) is 0 Å². The molecule has 0 atom stereocenters. The number of nitrogens with one attached hydrogen (secondary N) is 1. The zero-order valence-electron chi connectivity index (χ0n) is 42.0. The Morgan fingerprint density at radius 3 is 1.69 bits per heavy atom. The predicted octanol–water partition coefficient (Wildman–Crippen LogP) is 17.0. The average Bonchev–Trinajstić information content (AvgIpc) is 3.64. The number of nitrogens with zero attached hydrogens (tertiary/aromatic N) is 2. The highest BCUT2D eigenvalue weighted by molar-refractivity contribution is 6.73. The van der Waals surface area contributed by atoms with Crippen LogP contribution in [0.15, 0.2) is 231 Å². The fourth-order valence-electron chi connectivity index (χ4n) is 11.3. The predicted molar refractivity (Wildman–Crippen MR) is 309 cm³/mol. The van der Waals surface area contributed by atoms with Gasteiger partial charge < -0.3 is 15.1 Å². The van der Waals surface area contributed by atoms with Crippen LogP contribution in [0.4, 0.5) is 45.5 Å². The third-order valence-corrected chi connectivity index (χ3v) is 15.1. The van der Waals surface area contributed by atoms with Crippen molar-refractivity contribution >= 4 is 63.7 Å². The van der Waals surface area contributed by atoms with E-state index >= 15 is 0 Å². The molecular formula is C68H58BN3. The summed E-state index contributed by atoms with van der Waals surface area (Å²) in [6.45, 7) is 14.1. The Morgan fingerprint density at radius 1 is 0.472 bits per heavy atom. The molecule has 0 radical (unpaired) electrons. The summed E-state index contributed by atoms with van der Waals surface area (Å²) >= 11 is 0. The molecule has 0 aromatic heterocycles. The minimum Gasteiger partial charge on any atom is -0.355 e. The molecule has 10 aromatic carbocycles. The Labute approximate surface area is 426 Å². The highest BCUT2D eigenvalue weighted by Gasteiger charge is 2.42. The van der Waals surface area contributed by atoms with Crippen LogP contribution in [-0.2, 0) is 10.8 Å². The molecule has 0 fully saturated rings. The first-order chi connectivity index (χ1) is 35.0. The average molecular weight is 928 g/mol. The maximum absolute atomic E-state index is 3.99. The summed E-state index contributed by atoms with van der Waals surface area (Å²) in [4.78, 5) is 5.02. The molecule has 4 heteroatoms. The molecule has 0 spiro atoms.